The minimum atomic E-state index is -3.49. The number of Topliss-reactive ketones (excluding diaryl/α,β-unsaturated/α-hetero) is 1. The number of hydrogen-bond donors (Lipinski definition) is 1. The number of rotatable bonds is 9. The minimum absolute atomic E-state index is 0.0442. The molecule has 3 aromatic rings. The summed E-state index contributed by atoms with van der Waals surface area (Å²) >= 11 is 12.2. The molecule has 1 fully saturated rings. The van der Waals surface area contributed by atoms with E-state index in [-0.39, 0.29) is 35.0 Å². The summed E-state index contributed by atoms with van der Waals surface area (Å²) in [5, 5.41) is 13.3. The van der Waals surface area contributed by atoms with Gasteiger partial charge in [-0.05, 0) is 43.4 Å². The Morgan fingerprint density at radius 3 is 2.20 bits per heavy atom. The molecule has 2 heterocycles. The van der Waals surface area contributed by atoms with Gasteiger partial charge < -0.3 is 10.0 Å². The summed E-state index contributed by atoms with van der Waals surface area (Å²) in [6.07, 6.45) is 4.63. The van der Waals surface area contributed by atoms with Crippen molar-refractivity contribution in [2.24, 2.45) is 5.92 Å². The number of carboxylic acids is 1. The molecule has 2 aromatic heterocycles. The lowest BCUT2D eigenvalue weighted by atomic mass is 9.86. The highest BCUT2D eigenvalue weighted by Gasteiger charge is 2.40. The van der Waals surface area contributed by atoms with E-state index in [9.17, 15) is 23.9 Å². The fourth-order valence-corrected chi connectivity index (χ4v) is 5.49. The largest absolute Gasteiger partial charge is 0.481 e. The van der Waals surface area contributed by atoms with E-state index in [0.29, 0.717) is 25.3 Å². The number of pyridine rings is 1. The fraction of sp³-hybridized carbons (Fsp3) is 0.370. The van der Waals surface area contributed by atoms with Crippen LogP contribution in [0.3, 0.4) is 0 Å². The third-order valence-corrected chi connectivity index (χ3v) is 7.45. The van der Waals surface area contributed by atoms with Crippen LogP contribution in [0, 0.1) is 11.7 Å². The zero-order chi connectivity index (χ0) is 29.2. The first-order chi connectivity index (χ1) is 18.9. The molecule has 0 spiro atoms. The number of carbonyl (C=O) groups is 3. The number of aromatic nitrogens is 3. The molecule has 212 valence electrons. The highest BCUT2D eigenvalue weighted by atomic mass is 35.5. The van der Waals surface area contributed by atoms with E-state index in [0.717, 1.165) is 15.8 Å². The molecule has 1 N–H and O–H groups in total. The van der Waals surface area contributed by atoms with E-state index in [4.69, 9.17) is 23.2 Å². The molecule has 8 nitrogen and oxygen atoms in total. The molecule has 0 saturated heterocycles. The molecular formula is C27H25Cl2F3N4O4. The van der Waals surface area contributed by atoms with Gasteiger partial charge in [-0.25, -0.2) is 4.39 Å². The zero-order valence-electron chi connectivity index (χ0n) is 21.3. The summed E-state index contributed by atoms with van der Waals surface area (Å²) in [7, 11) is 0. The van der Waals surface area contributed by atoms with Crippen LogP contribution in [0.25, 0.3) is 0 Å². The van der Waals surface area contributed by atoms with Gasteiger partial charge in [0, 0.05) is 25.9 Å². The van der Waals surface area contributed by atoms with Gasteiger partial charge in [0.1, 0.15) is 11.5 Å². The molecule has 0 atom stereocenters. The third kappa shape index (κ3) is 6.47. The number of carboxylic acid groups (broad SMARTS) is 1. The van der Waals surface area contributed by atoms with Crippen LogP contribution in [-0.4, -0.2) is 49.0 Å². The molecule has 1 aliphatic carbocycles. The molecule has 4 rings (SSSR count). The first kappa shape index (κ1) is 29.5. The second-order valence-electron chi connectivity index (χ2n) is 9.77. The molecule has 1 saturated carbocycles. The fourth-order valence-electron chi connectivity index (χ4n) is 4.91. The predicted molar refractivity (Wildman–Crippen MR) is 140 cm³/mol. The lowest BCUT2D eigenvalue weighted by Gasteiger charge is -2.29. The molecule has 0 unspecified atom stereocenters. The maximum Gasteiger partial charge on any atom is 0.306 e. The Morgan fingerprint density at radius 2 is 1.65 bits per heavy atom. The number of nitrogens with zero attached hydrogens (tertiary/aromatic N) is 4. The van der Waals surface area contributed by atoms with Crippen molar-refractivity contribution >= 4 is 40.9 Å². The smallest absolute Gasteiger partial charge is 0.306 e. The summed E-state index contributed by atoms with van der Waals surface area (Å²) in [6.45, 7) is -0.149. The van der Waals surface area contributed by atoms with Crippen molar-refractivity contribution in [2.75, 3.05) is 6.54 Å². The number of amides is 1. The first-order valence-electron chi connectivity index (χ1n) is 12.4. The average Bonchev–Trinajstić information content (AvgIpc) is 3.35. The lowest BCUT2D eigenvalue weighted by Crippen LogP contribution is -2.37. The van der Waals surface area contributed by atoms with Gasteiger partial charge in [-0.1, -0.05) is 35.3 Å². The molecular weight excluding hydrogens is 572 g/mol. The van der Waals surface area contributed by atoms with Gasteiger partial charge in [-0.15, -0.1) is 0 Å². The quantitative estimate of drug-likeness (QED) is 0.296. The number of carbonyl (C=O) groups excluding carboxylic acids is 2. The van der Waals surface area contributed by atoms with E-state index in [1.165, 1.54) is 36.7 Å². The Hall–Kier alpha value is -3.44. The molecule has 0 radical (unpaired) electrons. The van der Waals surface area contributed by atoms with Gasteiger partial charge in [0.15, 0.2) is 5.78 Å². The average molecular weight is 597 g/mol. The number of hydrogen-bond acceptors (Lipinski definition) is 5. The van der Waals surface area contributed by atoms with E-state index < -0.39 is 59.2 Å². The van der Waals surface area contributed by atoms with E-state index in [2.05, 4.69) is 10.1 Å². The molecule has 13 heteroatoms. The van der Waals surface area contributed by atoms with Gasteiger partial charge in [0.2, 0.25) is 0 Å². The second-order valence-corrected chi connectivity index (χ2v) is 10.6. The molecule has 0 bridgehead atoms. The number of alkyl halides is 2. The van der Waals surface area contributed by atoms with Crippen molar-refractivity contribution in [3.63, 3.8) is 0 Å². The topological polar surface area (TPSA) is 105 Å². The van der Waals surface area contributed by atoms with E-state index in [1.54, 1.807) is 0 Å². The van der Waals surface area contributed by atoms with Gasteiger partial charge in [0.05, 0.1) is 45.9 Å². The van der Waals surface area contributed by atoms with Crippen LogP contribution in [-0.2, 0) is 17.3 Å². The predicted octanol–water partition coefficient (Wildman–Crippen LogP) is 6.18. The normalized spacial score (nSPS) is 17.4. The summed E-state index contributed by atoms with van der Waals surface area (Å²) in [4.78, 5) is 43.2. The monoisotopic (exact) mass is 596 g/mol. The van der Waals surface area contributed by atoms with Gasteiger partial charge in [0.25, 0.3) is 11.8 Å². The Kier molecular flexibility index (Phi) is 8.84. The van der Waals surface area contributed by atoms with Crippen molar-refractivity contribution in [1.82, 2.24) is 19.7 Å². The van der Waals surface area contributed by atoms with Crippen LogP contribution in [0.15, 0.2) is 42.9 Å². The Labute approximate surface area is 237 Å². The number of halogens is 5. The maximum absolute atomic E-state index is 15.0. The number of aliphatic carboxylic acids is 1. The van der Waals surface area contributed by atoms with Gasteiger partial charge in [-0.2, -0.15) is 13.9 Å². The number of benzene rings is 1. The zero-order valence-corrected chi connectivity index (χ0v) is 22.8. The van der Waals surface area contributed by atoms with Crippen LogP contribution >= 0.6 is 23.2 Å². The molecule has 1 amide bonds. The van der Waals surface area contributed by atoms with Crippen LogP contribution < -0.4 is 0 Å². The van der Waals surface area contributed by atoms with Crippen LogP contribution in [0.4, 0.5) is 13.2 Å². The summed E-state index contributed by atoms with van der Waals surface area (Å²) in [5.74, 6) is -7.07. The third-order valence-electron chi connectivity index (χ3n) is 6.87. The highest BCUT2D eigenvalue weighted by molar-refractivity contribution is 6.39. The SMILES string of the molecule is CC(F)(F)c1c(C(=O)N(CC(=O)c2c(Cl)cncc2Cl)Cc2ccc(F)cc2)cnn1C1CCC(C(=O)O)CC1. The van der Waals surface area contributed by atoms with Crippen LogP contribution in [0.2, 0.25) is 10.0 Å². The second kappa shape index (κ2) is 12.0. The summed E-state index contributed by atoms with van der Waals surface area (Å²) in [6, 6.07) is 4.64. The summed E-state index contributed by atoms with van der Waals surface area (Å²) < 4.78 is 44.6. The summed E-state index contributed by atoms with van der Waals surface area (Å²) in [5.41, 5.74) is -0.677. The lowest BCUT2D eigenvalue weighted by molar-refractivity contribution is -0.143. The van der Waals surface area contributed by atoms with Crippen molar-refractivity contribution in [2.45, 2.75) is 51.1 Å². The van der Waals surface area contributed by atoms with E-state index in [1.807, 2.05) is 0 Å². The molecule has 40 heavy (non-hydrogen) atoms. The highest BCUT2D eigenvalue weighted by Crippen LogP contribution is 2.38. The standard InChI is InChI=1S/C27H25Cl2F3N4O4/c1-27(31,32)24-19(10-34-36(24)18-8-4-16(5-9-18)26(39)40)25(38)35(13-15-2-6-17(30)7-3-15)14-22(37)23-20(28)11-33-12-21(23)29/h2-3,6-7,10-12,16,18H,4-5,8-9,13-14H2,1H3,(H,39,40). The van der Waals surface area contributed by atoms with Crippen LogP contribution in [0.5, 0.6) is 0 Å². The molecule has 1 aromatic carbocycles. The van der Waals surface area contributed by atoms with Gasteiger partial charge >= 0.3 is 5.97 Å². The van der Waals surface area contributed by atoms with Crippen molar-refractivity contribution in [3.8, 4) is 0 Å². The molecule has 1 aliphatic rings. The van der Waals surface area contributed by atoms with Crippen molar-refractivity contribution in [1.29, 1.82) is 0 Å². The Balaban J connectivity index is 1.70. The van der Waals surface area contributed by atoms with E-state index >= 15 is 8.78 Å². The first-order valence-corrected chi connectivity index (χ1v) is 13.2. The number of ketones is 1. The van der Waals surface area contributed by atoms with Gasteiger partial charge in [-0.3, -0.25) is 24.0 Å². The minimum Gasteiger partial charge on any atom is -0.481 e. The molecule has 0 aliphatic heterocycles. The van der Waals surface area contributed by atoms with Crippen molar-refractivity contribution < 1.29 is 32.7 Å². The van der Waals surface area contributed by atoms with Crippen molar-refractivity contribution in [3.05, 3.63) is 81.1 Å². The Bertz CT molecular complexity index is 1400. The van der Waals surface area contributed by atoms with Crippen LogP contribution in [0.1, 0.15) is 70.6 Å². The Morgan fingerprint density at radius 1 is 1.05 bits per heavy atom. The maximum atomic E-state index is 15.0.